The minimum absolute atomic E-state index is 0.0131. The van der Waals surface area contributed by atoms with E-state index in [1.165, 1.54) is 5.56 Å². The van der Waals surface area contributed by atoms with E-state index in [1.54, 1.807) is 11.3 Å². The van der Waals surface area contributed by atoms with E-state index in [4.69, 9.17) is 0 Å². The molecule has 0 radical (unpaired) electrons. The maximum atomic E-state index is 9.46. The van der Waals surface area contributed by atoms with E-state index in [0.717, 1.165) is 22.0 Å². The van der Waals surface area contributed by atoms with Crippen molar-refractivity contribution in [3.63, 3.8) is 0 Å². The van der Waals surface area contributed by atoms with Crippen molar-refractivity contribution in [2.75, 3.05) is 11.9 Å². The number of aryl methyl sites for hydroxylation is 1. The molecular weight excluding hydrogens is 296 g/mol. The summed E-state index contributed by atoms with van der Waals surface area (Å²) in [5.74, 6) is 1.07. The second kappa shape index (κ2) is 6.06. The van der Waals surface area contributed by atoms with Crippen molar-refractivity contribution in [3.8, 4) is 10.6 Å². The van der Waals surface area contributed by atoms with Gasteiger partial charge >= 0.3 is 0 Å². The lowest BCUT2D eigenvalue weighted by Crippen LogP contribution is -2.30. The molecule has 3 aromatic rings. The van der Waals surface area contributed by atoms with Crippen LogP contribution < -0.4 is 5.32 Å². The zero-order valence-corrected chi connectivity index (χ0v) is 13.8. The summed E-state index contributed by atoms with van der Waals surface area (Å²) in [5, 5.41) is 19.5. The average Bonchev–Trinajstić information content (AvgIpc) is 3.09. The van der Waals surface area contributed by atoms with Crippen molar-refractivity contribution in [2.45, 2.75) is 26.8 Å². The fourth-order valence-corrected chi connectivity index (χ4v) is 3.19. The third-order valence-corrected chi connectivity index (χ3v) is 4.75. The Bertz CT molecular complexity index is 777. The second-order valence-corrected chi connectivity index (χ2v) is 6.71. The van der Waals surface area contributed by atoms with Crippen LogP contribution in [-0.4, -0.2) is 32.4 Å². The van der Waals surface area contributed by atoms with Gasteiger partial charge < -0.3 is 10.4 Å². The number of fused-ring (bicyclic) bond motifs is 1. The van der Waals surface area contributed by atoms with E-state index >= 15 is 0 Å². The van der Waals surface area contributed by atoms with Crippen molar-refractivity contribution < 1.29 is 5.11 Å². The Morgan fingerprint density at radius 2 is 2.18 bits per heavy atom. The van der Waals surface area contributed by atoms with Gasteiger partial charge in [-0.2, -0.15) is 0 Å². The summed E-state index contributed by atoms with van der Waals surface area (Å²) in [6.07, 6.45) is 1.85. The number of aliphatic hydroxyl groups excluding tert-OH is 1. The van der Waals surface area contributed by atoms with Gasteiger partial charge in [0.2, 0.25) is 0 Å². The smallest absolute Gasteiger partial charge is 0.154 e. The number of anilines is 1. The lowest BCUT2D eigenvalue weighted by Gasteiger charge is -2.20. The van der Waals surface area contributed by atoms with E-state index in [0.29, 0.717) is 5.92 Å². The maximum Gasteiger partial charge on any atom is 0.154 e. The van der Waals surface area contributed by atoms with E-state index < -0.39 is 0 Å². The molecule has 3 aromatic heterocycles. The fourth-order valence-electron chi connectivity index (χ4n) is 2.30. The number of hydrogen-bond acceptors (Lipinski definition) is 5. The van der Waals surface area contributed by atoms with E-state index in [-0.39, 0.29) is 12.6 Å². The standard InChI is InChI=1S/C16H20N4OS/c1-10(2)12(8-21)18-15-4-5-16-17-7-13(20(16)19-15)14-6-11(3)9-22-14/h4-7,9-10,12,21H,8H2,1-3H3,(H,18,19). The minimum atomic E-state index is -0.0131. The normalized spacial score (nSPS) is 13.0. The summed E-state index contributed by atoms with van der Waals surface area (Å²) in [6, 6.07) is 5.96. The van der Waals surface area contributed by atoms with Crippen molar-refractivity contribution in [1.29, 1.82) is 0 Å². The average molecular weight is 316 g/mol. The molecule has 22 heavy (non-hydrogen) atoms. The molecule has 3 heterocycles. The van der Waals surface area contributed by atoms with Crippen molar-refractivity contribution in [2.24, 2.45) is 5.92 Å². The first-order valence-corrected chi connectivity index (χ1v) is 8.24. The Morgan fingerprint density at radius 1 is 1.36 bits per heavy atom. The van der Waals surface area contributed by atoms with Gasteiger partial charge in [0.1, 0.15) is 11.5 Å². The summed E-state index contributed by atoms with van der Waals surface area (Å²) in [6.45, 7) is 6.31. The summed E-state index contributed by atoms with van der Waals surface area (Å²) < 4.78 is 1.85. The quantitative estimate of drug-likeness (QED) is 0.759. The number of thiophene rings is 1. The number of imidazole rings is 1. The van der Waals surface area contributed by atoms with E-state index in [9.17, 15) is 5.11 Å². The number of aliphatic hydroxyl groups is 1. The SMILES string of the molecule is Cc1csc(-c2cnc3ccc(NC(CO)C(C)C)nn23)c1. The molecule has 1 unspecified atom stereocenters. The number of rotatable bonds is 5. The molecule has 6 heteroatoms. The lowest BCUT2D eigenvalue weighted by atomic mass is 10.1. The van der Waals surface area contributed by atoms with Gasteiger partial charge in [-0.1, -0.05) is 13.8 Å². The largest absolute Gasteiger partial charge is 0.394 e. The van der Waals surface area contributed by atoms with Crippen molar-refractivity contribution in [3.05, 3.63) is 35.3 Å². The highest BCUT2D eigenvalue weighted by atomic mass is 32.1. The van der Waals surface area contributed by atoms with Crippen molar-refractivity contribution in [1.82, 2.24) is 14.6 Å². The van der Waals surface area contributed by atoms with Crippen LogP contribution in [0.25, 0.3) is 16.2 Å². The number of nitrogens with one attached hydrogen (secondary N) is 1. The van der Waals surface area contributed by atoms with Crippen LogP contribution in [0.15, 0.2) is 29.8 Å². The first-order chi connectivity index (χ1) is 10.6. The minimum Gasteiger partial charge on any atom is -0.394 e. The number of aromatic nitrogens is 3. The zero-order valence-electron chi connectivity index (χ0n) is 12.9. The summed E-state index contributed by atoms with van der Waals surface area (Å²) >= 11 is 1.69. The lowest BCUT2D eigenvalue weighted by molar-refractivity contribution is 0.249. The van der Waals surface area contributed by atoms with Crippen LogP contribution in [-0.2, 0) is 0 Å². The Hall–Kier alpha value is -1.92. The van der Waals surface area contributed by atoms with Gasteiger partial charge in [-0.05, 0) is 42.0 Å². The fraction of sp³-hybridized carbons (Fsp3) is 0.375. The predicted molar refractivity (Wildman–Crippen MR) is 90.4 cm³/mol. The second-order valence-electron chi connectivity index (χ2n) is 5.80. The molecule has 2 N–H and O–H groups in total. The summed E-state index contributed by atoms with van der Waals surface area (Å²) in [4.78, 5) is 5.56. The van der Waals surface area contributed by atoms with Crippen LogP contribution in [0.1, 0.15) is 19.4 Å². The van der Waals surface area contributed by atoms with Gasteiger partial charge in [-0.3, -0.25) is 0 Å². The summed E-state index contributed by atoms with van der Waals surface area (Å²) in [7, 11) is 0. The molecule has 5 nitrogen and oxygen atoms in total. The van der Waals surface area contributed by atoms with Crippen LogP contribution in [0.2, 0.25) is 0 Å². The van der Waals surface area contributed by atoms with Gasteiger partial charge in [0, 0.05) is 0 Å². The van der Waals surface area contributed by atoms with Crippen LogP contribution in [0.4, 0.5) is 5.82 Å². The highest BCUT2D eigenvalue weighted by Crippen LogP contribution is 2.27. The predicted octanol–water partition coefficient (Wildman–Crippen LogP) is 3.20. The van der Waals surface area contributed by atoms with Gasteiger partial charge in [0.25, 0.3) is 0 Å². The van der Waals surface area contributed by atoms with Crippen LogP contribution in [0, 0.1) is 12.8 Å². The first kappa shape index (κ1) is 15.0. The summed E-state index contributed by atoms with van der Waals surface area (Å²) in [5.41, 5.74) is 3.04. The third kappa shape index (κ3) is 2.84. The molecule has 0 fully saturated rings. The molecular formula is C16H20N4OS. The molecule has 0 aliphatic heterocycles. The third-order valence-electron chi connectivity index (χ3n) is 3.68. The van der Waals surface area contributed by atoms with Crippen molar-refractivity contribution >= 4 is 22.8 Å². The Labute approximate surface area is 133 Å². The number of hydrogen-bond donors (Lipinski definition) is 2. The van der Waals surface area contributed by atoms with E-state index in [1.807, 2.05) is 22.8 Å². The molecule has 116 valence electrons. The monoisotopic (exact) mass is 316 g/mol. The van der Waals surface area contributed by atoms with Gasteiger partial charge in [-0.15, -0.1) is 16.4 Å². The highest BCUT2D eigenvalue weighted by Gasteiger charge is 2.14. The Kier molecular flexibility index (Phi) is 4.13. The molecule has 0 saturated heterocycles. The molecule has 0 saturated carbocycles. The van der Waals surface area contributed by atoms with Gasteiger partial charge in [0.05, 0.1) is 23.7 Å². The van der Waals surface area contributed by atoms with Gasteiger partial charge in [0.15, 0.2) is 5.65 Å². The molecule has 0 aromatic carbocycles. The van der Waals surface area contributed by atoms with E-state index in [2.05, 4.69) is 47.6 Å². The van der Waals surface area contributed by atoms with Crippen LogP contribution >= 0.6 is 11.3 Å². The van der Waals surface area contributed by atoms with Crippen LogP contribution in [0.3, 0.4) is 0 Å². The molecule has 1 atom stereocenters. The first-order valence-electron chi connectivity index (χ1n) is 7.36. The highest BCUT2D eigenvalue weighted by molar-refractivity contribution is 7.13. The molecule has 0 spiro atoms. The molecule has 0 aliphatic carbocycles. The molecule has 3 rings (SSSR count). The van der Waals surface area contributed by atoms with Gasteiger partial charge in [-0.25, -0.2) is 9.50 Å². The van der Waals surface area contributed by atoms with Crippen LogP contribution in [0.5, 0.6) is 0 Å². The Balaban J connectivity index is 1.98. The molecule has 0 aliphatic rings. The molecule has 0 amide bonds. The topological polar surface area (TPSA) is 62.5 Å². The molecule has 0 bridgehead atoms. The maximum absolute atomic E-state index is 9.46. The number of nitrogens with zero attached hydrogens (tertiary/aromatic N) is 3. The Morgan fingerprint density at radius 3 is 2.82 bits per heavy atom. The zero-order chi connectivity index (χ0) is 15.7.